The molecule has 0 spiro atoms. The van der Waals surface area contributed by atoms with Gasteiger partial charge < -0.3 is 5.32 Å². The standard InChI is InChI=1S/C20H26N4OS/c1-2-26(25)16-6-3-5-15(13-16)22-20-17-7-4-8-18(17)23-19(24-20)14-9-11-21-12-10-14/h9-12,15-16H,2-8,13H2,1H3,(H,22,23,24). The molecule has 0 aliphatic heterocycles. The third-order valence-electron chi connectivity index (χ3n) is 5.49. The van der Waals surface area contributed by atoms with Crippen LogP contribution in [0.4, 0.5) is 5.82 Å². The van der Waals surface area contributed by atoms with Gasteiger partial charge in [0.1, 0.15) is 5.82 Å². The number of fused-ring (bicyclic) bond motifs is 1. The fourth-order valence-corrected chi connectivity index (χ4v) is 5.47. The second-order valence-electron chi connectivity index (χ2n) is 7.21. The van der Waals surface area contributed by atoms with Gasteiger partial charge in [0, 0.05) is 57.1 Å². The minimum Gasteiger partial charge on any atom is -0.367 e. The van der Waals surface area contributed by atoms with E-state index in [2.05, 4.69) is 10.3 Å². The van der Waals surface area contributed by atoms with E-state index in [9.17, 15) is 4.21 Å². The van der Waals surface area contributed by atoms with Gasteiger partial charge in [0.05, 0.1) is 0 Å². The highest BCUT2D eigenvalue weighted by molar-refractivity contribution is 7.85. The van der Waals surface area contributed by atoms with Crippen molar-refractivity contribution in [3.05, 3.63) is 35.8 Å². The number of nitrogens with zero attached hydrogens (tertiary/aromatic N) is 3. The lowest BCUT2D eigenvalue weighted by Crippen LogP contribution is -2.33. The van der Waals surface area contributed by atoms with Crippen LogP contribution in [0.5, 0.6) is 0 Å². The third-order valence-corrected chi connectivity index (χ3v) is 7.24. The third kappa shape index (κ3) is 3.65. The molecule has 2 aromatic heterocycles. The molecule has 0 amide bonds. The van der Waals surface area contributed by atoms with Gasteiger partial charge in [-0.3, -0.25) is 9.19 Å². The molecule has 3 atom stereocenters. The van der Waals surface area contributed by atoms with Gasteiger partial charge in [-0.1, -0.05) is 13.3 Å². The van der Waals surface area contributed by atoms with Gasteiger partial charge in [0.25, 0.3) is 0 Å². The molecule has 2 aliphatic rings. The zero-order chi connectivity index (χ0) is 17.9. The van der Waals surface area contributed by atoms with E-state index in [1.165, 1.54) is 11.3 Å². The maximum atomic E-state index is 12.2. The Bertz CT molecular complexity index is 796. The number of rotatable bonds is 5. The van der Waals surface area contributed by atoms with Gasteiger partial charge in [0.15, 0.2) is 5.82 Å². The summed E-state index contributed by atoms with van der Waals surface area (Å²) in [6.45, 7) is 2.02. The summed E-state index contributed by atoms with van der Waals surface area (Å²) < 4.78 is 12.2. The maximum Gasteiger partial charge on any atom is 0.161 e. The van der Waals surface area contributed by atoms with Gasteiger partial charge in [-0.05, 0) is 50.7 Å². The van der Waals surface area contributed by atoms with Crippen LogP contribution in [0.15, 0.2) is 24.5 Å². The predicted octanol–water partition coefficient (Wildman–Crippen LogP) is 3.52. The Morgan fingerprint density at radius 2 is 2.00 bits per heavy atom. The summed E-state index contributed by atoms with van der Waals surface area (Å²) in [5.74, 6) is 2.53. The number of pyridine rings is 1. The Labute approximate surface area is 157 Å². The quantitative estimate of drug-likeness (QED) is 0.872. The molecular formula is C20H26N4OS. The number of anilines is 1. The van der Waals surface area contributed by atoms with Crippen molar-refractivity contribution in [3.63, 3.8) is 0 Å². The lowest BCUT2D eigenvalue weighted by molar-refractivity contribution is 0.464. The zero-order valence-corrected chi connectivity index (χ0v) is 16.1. The number of aromatic nitrogens is 3. The van der Waals surface area contributed by atoms with E-state index >= 15 is 0 Å². The molecule has 2 aliphatic carbocycles. The zero-order valence-electron chi connectivity index (χ0n) is 15.3. The summed E-state index contributed by atoms with van der Waals surface area (Å²) in [6.07, 6.45) is 11.1. The number of hydrogen-bond donors (Lipinski definition) is 1. The highest BCUT2D eigenvalue weighted by Crippen LogP contribution is 2.32. The van der Waals surface area contributed by atoms with Crippen molar-refractivity contribution in [2.45, 2.75) is 63.2 Å². The molecule has 1 N–H and O–H groups in total. The molecule has 1 fully saturated rings. The first-order chi connectivity index (χ1) is 12.7. The molecule has 5 nitrogen and oxygen atoms in total. The van der Waals surface area contributed by atoms with Crippen LogP contribution in [-0.4, -0.2) is 36.2 Å². The van der Waals surface area contributed by atoms with E-state index in [1.807, 2.05) is 19.1 Å². The molecular weight excluding hydrogens is 344 g/mol. The SMILES string of the molecule is CCS(=O)C1CCCC(Nc2nc(-c3ccncc3)nc3c2CCC3)C1. The van der Waals surface area contributed by atoms with Crippen LogP contribution >= 0.6 is 0 Å². The Morgan fingerprint density at radius 1 is 1.15 bits per heavy atom. The van der Waals surface area contributed by atoms with Crippen LogP contribution in [-0.2, 0) is 23.6 Å². The first-order valence-corrected chi connectivity index (χ1v) is 11.1. The van der Waals surface area contributed by atoms with Crippen molar-refractivity contribution in [2.75, 3.05) is 11.1 Å². The fourth-order valence-electron chi connectivity index (χ4n) is 4.13. The van der Waals surface area contributed by atoms with E-state index in [0.29, 0.717) is 11.3 Å². The van der Waals surface area contributed by atoms with Gasteiger partial charge in [-0.15, -0.1) is 0 Å². The Balaban J connectivity index is 1.60. The molecule has 138 valence electrons. The largest absolute Gasteiger partial charge is 0.367 e. The average molecular weight is 371 g/mol. The molecule has 3 unspecified atom stereocenters. The monoisotopic (exact) mass is 370 g/mol. The van der Waals surface area contributed by atoms with Crippen molar-refractivity contribution < 1.29 is 4.21 Å². The second-order valence-corrected chi connectivity index (χ2v) is 9.22. The van der Waals surface area contributed by atoms with Crippen molar-refractivity contribution >= 4 is 16.6 Å². The Hall–Kier alpha value is -1.82. The van der Waals surface area contributed by atoms with Crippen molar-refractivity contribution in [3.8, 4) is 11.4 Å². The Morgan fingerprint density at radius 3 is 2.81 bits per heavy atom. The highest BCUT2D eigenvalue weighted by atomic mass is 32.2. The summed E-state index contributed by atoms with van der Waals surface area (Å²) in [7, 11) is -0.705. The van der Waals surface area contributed by atoms with Crippen LogP contribution in [0.3, 0.4) is 0 Å². The van der Waals surface area contributed by atoms with Crippen LogP contribution < -0.4 is 5.32 Å². The molecule has 4 rings (SSSR count). The summed E-state index contributed by atoms with van der Waals surface area (Å²) >= 11 is 0. The van der Waals surface area contributed by atoms with E-state index in [-0.39, 0.29) is 0 Å². The van der Waals surface area contributed by atoms with Gasteiger partial charge >= 0.3 is 0 Å². The minimum absolute atomic E-state index is 0.320. The van der Waals surface area contributed by atoms with Gasteiger partial charge in [0.2, 0.25) is 0 Å². The number of hydrogen-bond acceptors (Lipinski definition) is 5. The molecule has 26 heavy (non-hydrogen) atoms. The minimum atomic E-state index is -0.705. The normalized spacial score (nSPS) is 23.4. The first kappa shape index (κ1) is 17.6. The van der Waals surface area contributed by atoms with Crippen molar-refractivity contribution in [1.82, 2.24) is 15.0 Å². The summed E-state index contributed by atoms with van der Waals surface area (Å²) in [6, 6.07) is 4.28. The predicted molar refractivity (Wildman–Crippen MR) is 106 cm³/mol. The molecule has 0 saturated heterocycles. The van der Waals surface area contributed by atoms with Crippen LogP contribution in [0.25, 0.3) is 11.4 Å². The molecule has 2 aromatic rings. The van der Waals surface area contributed by atoms with E-state index in [1.54, 1.807) is 12.4 Å². The fraction of sp³-hybridized carbons (Fsp3) is 0.550. The first-order valence-electron chi connectivity index (χ1n) is 9.68. The lowest BCUT2D eigenvalue weighted by atomic mass is 9.95. The molecule has 0 aromatic carbocycles. The maximum absolute atomic E-state index is 12.2. The topological polar surface area (TPSA) is 67.8 Å². The average Bonchev–Trinajstić information content (AvgIpc) is 3.17. The molecule has 6 heteroatoms. The van der Waals surface area contributed by atoms with Crippen molar-refractivity contribution in [2.24, 2.45) is 0 Å². The molecule has 1 saturated carbocycles. The molecule has 2 heterocycles. The van der Waals surface area contributed by atoms with Gasteiger partial charge in [-0.2, -0.15) is 0 Å². The highest BCUT2D eigenvalue weighted by Gasteiger charge is 2.27. The second kappa shape index (κ2) is 7.82. The van der Waals surface area contributed by atoms with E-state index < -0.39 is 10.8 Å². The molecule has 0 bridgehead atoms. The molecule has 0 radical (unpaired) electrons. The number of aryl methyl sites for hydroxylation is 1. The number of nitrogens with one attached hydrogen (secondary N) is 1. The Kier molecular flexibility index (Phi) is 5.29. The van der Waals surface area contributed by atoms with Crippen LogP contribution in [0, 0.1) is 0 Å². The van der Waals surface area contributed by atoms with Crippen molar-refractivity contribution in [1.29, 1.82) is 0 Å². The summed E-state index contributed by atoms with van der Waals surface area (Å²) in [5.41, 5.74) is 3.46. The van der Waals surface area contributed by atoms with Gasteiger partial charge in [-0.25, -0.2) is 9.97 Å². The smallest absolute Gasteiger partial charge is 0.161 e. The van der Waals surface area contributed by atoms with E-state index in [4.69, 9.17) is 9.97 Å². The van der Waals surface area contributed by atoms with Crippen LogP contribution in [0.2, 0.25) is 0 Å². The summed E-state index contributed by atoms with van der Waals surface area (Å²) in [4.78, 5) is 13.8. The van der Waals surface area contributed by atoms with Crippen LogP contribution in [0.1, 0.15) is 50.3 Å². The lowest BCUT2D eigenvalue weighted by Gasteiger charge is -2.30. The summed E-state index contributed by atoms with van der Waals surface area (Å²) in [5, 5.41) is 4.02. The van der Waals surface area contributed by atoms with E-state index in [0.717, 1.165) is 67.9 Å².